The molecule has 2 aliphatic heterocycles. The lowest BCUT2D eigenvalue weighted by atomic mass is 9.73. The van der Waals surface area contributed by atoms with Crippen LogP contribution in [0, 0.1) is 0 Å². The molecule has 0 aromatic heterocycles. The van der Waals surface area contributed by atoms with Crippen molar-refractivity contribution in [2.24, 2.45) is 5.73 Å². The molecule has 2 heterocycles. The van der Waals surface area contributed by atoms with Gasteiger partial charge in [-0.05, 0) is 51.5 Å². The van der Waals surface area contributed by atoms with E-state index < -0.39 is 0 Å². The third-order valence-corrected chi connectivity index (χ3v) is 4.90. The summed E-state index contributed by atoms with van der Waals surface area (Å²) in [6, 6.07) is 1.41. The molecule has 16 heavy (non-hydrogen) atoms. The molecule has 1 saturated carbocycles. The van der Waals surface area contributed by atoms with Crippen LogP contribution in [-0.4, -0.2) is 42.3 Å². The van der Waals surface area contributed by atoms with Gasteiger partial charge in [-0.2, -0.15) is 0 Å². The lowest BCUT2D eigenvalue weighted by Gasteiger charge is -2.49. The van der Waals surface area contributed by atoms with Gasteiger partial charge in [-0.3, -0.25) is 4.90 Å². The van der Waals surface area contributed by atoms with Crippen LogP contribution in [0.2, 0.25) is 0 Å². The largest absolute Gasteiger partial charge is 0.375 e. The fourth-order valence-corrected chi connectivity index (χ4v) is 3.80. The van der Waals surface area contributed by atoms with Crippen LogP contribution in [-0.2, 0) is 4.74 Å². The Morgan fingerprint density at radius 2 is 2.12 bits per heavy atom. The number of hydrogen-bond donors (Lipinski definition) is 1. The zero-order chi connectivity index (χ0) is 11.0. The minimum absolute atomic E-state index is 0.282. The average Bonchev–Trinajstić information content (AvgIpc) is 2.75. The molecule has 3 heteroatoms. The zero-order valence-electron chi connectivity index (χ0n) is 10.2. The first kappa shape index (κ1) is 11.0. The minimum Gasteiger partial charge on any atom is -0.375 e. The van der Waals surface area contributed by atoms with E-state index in [1.807, 2.05) is 0 Å². The molecule has 0 aromatic rings. The molecule has 1 aliphatic carbocycles. The molecule has 3 fully saturated rings. The predicted molar refractivity (Wildman–Crippen MR) is 64.3 cm³/mol. The van der Waals surface area contributed by atoms with Crippen LogP contribution in [0.4, 0.5) is 0 Å². The van der Waals surface area contributed by atoms with E-state index >= 15 is 0 Å². The van der Waals surface area contributed by atoms with E-state index in [2.05, 4.69) is 4.90 Å². The summed E-state index contributed by atoms with van der Waals surface area (Å²) in [5.41, 5.74) is 6.15. The van der Waals surface area contributed by atoms with Crippen molar-refractivity contribution in [1.29, 1.82) is 0 Å². The molecular weight excluding hydrogens is 200 g/mol. The van der Waals surface area contributed by atoms with E-state index in [1.54, 1.807) is 0 Å². The third kappa shape index (κ3) is 1.79. The van der Waals surface area contributed by atoms with E-state index in [-0.39, 0.29) is 5.60 Å². The van der Waals surface area contributed by atoms with E-state index in [9.17, 15) is 0 Å². The third-order valence-electron chi connectivity index (χ3n) is 4.90. The minimum atomic E-state index is 0.282. The van der Waals surface area contributed by atoms with Crippen molar-refractivity contribution in [3.8, 4) is 0 Å². The van der Waals surface area contributed by atoms with Gasteiger partial charge >= 0.3 is 0 Å². The molecule has 2 saturated heterocycles. The molecule has 92 valence electrons. The van der Waals surface area contributed by atoms with E-state index in [0.717, 1.165) is 19.2 Å². The van der Waals surface area contributed by atoms with Gasteiger partial charge in [-0.25, -0.2) is 0 Å². The molecule has 0 radical (unpaired) electrons. The zero-order valence-corrected chi connectivity index (χ0v) is 10.2. The van der Waals surface area contributed by atoms with Gasteiger partial charge in [0.2, 0.25) is 0 Å². The Labute approximate surface area is 98.3 Å². The molecule has 2 N–H and O–H groups in total. The van der Waals surface area contributed by atoms with E-state index in [4.69, 9.17) is 10.5 Å². The molecule has 0 bridgehead atoms. The van der Waals surface area contributed by atoms with Crippen LogP contribution in [0.5, 0.6) is 0 Å². The maximum Gasteiger partial charge on any atom is 0.0697 e. The summed E-state index contributed by atoms with van der Waals surface area (Å²) >= 11 is 0. The van der Waals surface area contributed by atoms with Crippen molar-refractivity contribution in [1.82, 2.24) is 4.90 Å². The van der Waals surface area contributed by atoms with Gasteiger partial charge in [0.1, 0.15) is 0 Å². The second-order valence-corrected chi connectivity index (χ2v) is 5.80. The van der Waals surface area contributed by atoms with Crippen LogP contribution >= 0.6 is 0 Å². The number of nitrogens with two attached hydrogens (primary N) is 1. The number of ether oxygens (including phenoxy) is 1. The Hall–Kier alpha value is -0.120. The quantitative estimate of drug-likeness (QED) is 0.772. The van der Waals surface area contributed by atoms with Crippen molar-refractivity contribution < 1.29 is 4.74 Å². The van der Waals surface area contributed by atoms with E-state index in [1.165, 1.54) is 51.5 Å². The highest BCUT2D eigenvalue weighted by molar-refractivity contribution is 4.98. The first-order valence-corrected chi connectivity index (χ1v) is 6.93. The number of rotatable bonds is 2. The normalized spacial score (nSPS) is 38.8. The smallest absolute Gasteiger partial charge is 0.0697 e. The molecule has 0 amide bonds. The summed E-state index contributed by atoms with van der Waals surface area (Å²) in [7, 11) is 0. The summed E-state index contributed by atoms with van der Waals surface area (Å²) in [4.78, 5) is 2.68. The van der Waals surface area contributed by atoms with Gasteiger partial charge in [0, 0.05) is 25.2 Å². The average molecular weight is 224 g/mol. The summed E-state index contributed by atoms with van der Waals surface area (Å²) < 4.78 is 6.00. The predicted octanol–water partition coefficient (Wildman–Crippen LogP) is 1.51. The summed E-state index contributed by atoms with van der Waals surface area (Å²) in [5, 5.41) is 0. The number of likely N-dealkylation sites (tertiary alicyclic amines) is 1. The van der Waals surface area contributed by atoms with Gasteiger partial charge in [0.05, 0.1) is 5.60 Å². The SMILES string of the molecule is NCC1CCCN1C1CCOC2(CCC2)C1. The maximum atomic E-state index is 6.00. The maximum absolute atomic E-state index is 6.00. The lowest BCUT2D eigenvalue weighted by molar-refractivity contribution is -0.149. The number of nitrogens with zero attached hydrogens (tertiary/aromatic N) is 1. The summed E-state index contributed by atoms with van der Waals surface area (Å²) in [6.07, 6.45) is 9.09. The van der Waals surface area contributed by atoms with Gasteiger partial charge < -0.3 is 10.5 Å². The van der Waals surface area contributed by atoms with Crippen LogP contribution in [0.3, 0.4) is 0 Å². The molecule has 1 spiro atoms. The van der Waals surface area contributed by atoms with Gasteiger partial charge in [-0.15, -0.1) is 0 Å². The Bertz CT molecular complexity index is 252. The Kier molecular flexibility index (Phi) is 2.94. The topological polar surface area (TPSA) is 38.5 Å². The van der Waals surface area contributed by atoms with Crippen molar-refractivity contribution >= 4 is 0 Å². The van der Waals surface area contributed by atoms with Crippen LogP contribution in [0.15, 0.2) is 0 Å². The van der Waals surface area contributed by atoms with Crippen molar-refractivity contribution in [2.45, 2.75) is 62.6 Å². The number of hydrogen-bond acceptors (Lipinski definition) is 3. The molecule has 3 aliphatic rings. The highest BCUT2D eigenvalue weighted by Crippen LogP contribution is 2.44. The molecule has 3 rings (SSSR count). The van der Waals surface area contributed by atoms with Crippen LogP contribution < -0.4 is 5.73 Å². The van der Waals surface area contributed by atoms with Crippen molar-refractivity contribution in [2.75, 3.05) is 19.7 Å². The fourth-order valence-electron chi connectivity index (χ4n) is 3.80. The molecule has 2 atom stereocenters. The van der Waals surface area contributed by atoms with Crippen LogP contribution in [0.1, 0.15) is 44.9 Å². The monoisotopic (exact) mass is 224 g/mol. The molecule has 3 nitrogen and oxygen atoms in total. The second-order valence-electron chi connectivity index (χ2n) is 5.80. The highest BCUT2D eigenvalue weighted by Gasteiger charge is 2.45. The van der Waals surface area contributed by atoms with Gasteiger partial charge in [0.15, 0.2) is 0 Å². The van der Waals surface area contributed by atoms with Gasteiger partial charge in [-0.1, -0.05) is 0 Å². The first-order chi connectivity index (χ1) is 7.83. The molecule has 0 aromatic carbocycles. The Balaban J connectivity index is 1.65. The highest BCUT2D eigenvalue weighted by atomic mass is 16.5. The summed E-state index contributed by atoms with van der Waals surface area (Å²) in [6.45, 7) is 3.07. The van der Waals surface area contributed by atoms with Crippen molar-refractivity contribution in [3.05, 3.63) is 0 Å². The fraction of sp³-hybridized carbons (Fsp3) is 1.00. The second kappa shape index (κ2) is 4.28. The van der Waals surface area contributed by atoms with Crippen LogP contribution in [0.25, 0.3) is 0 Å². The lowest BCUT2D eigenvalue weighted by Crippen LogP contribution is -2.53. The Morgan fingerprint density at radius 1 is 1.25 bits per heavy atom. The van der Waals surface area contributed by atoms with E-state index in [0.29, 0.717) is 6.04 Å². The van der Waals surface area contributed by atoms with Gasteiger partial charge in [0.25, 0.3) is 0 Å². The van der Waals surface area contributed by atoms with Crippen molar-refractivity contribution in [3.63, 3.8) is 0 Å². The molecular formula is C13H24N2O. The standard InChI is InChI=1S/C13H24N2O/c14-10-12-3-1-7-15(12)11-4-8-16-13(9-11)5-2-6-13/h11-12H,1-10,14H2. The Morgan fingerprint density at radius 3 is 2.81 bits per heavy atom. The molecule has 2 unspecified atom stereocenters. The summed E-state index contributed by atoms with van der Waals surface area (Å²) in [5.74, 6) is 0. The first-order valence-electron chi connectivity index (χ1n) is 6.93.